The molecule has 0 spiro atoms. The lowest BCUT2D eigenvalue weighted by Gasteiger charge is -2.32. The fourth-order valence-corrected chi connectivity index (χ4v) is 7.65. The van der Waals surface area contributed by atoms with E-state index in [1.807, 2.05) is 18.2 Å². The van der Waals surface area contributed by atoms with E-state index in [9.17, 15) is 33.3 Å². The first-order valence-corrected chi connectivity index (χ1v) is 15.9. The molecule has 4 amide bonds. The molecule has 3 aromatic carbocycles. The van der Waals surface area contributed by atoms with Crippen LogP contribution in [0.2, 0.25) is 0 Å². The number of aromatic hydroxyl groups is 1. The first kappa shape index (κ1) is 29.6. The summed E-state index contributed by atoms with van der Waals surface area (Å²) in [6.45, 7) is 0.572. The predicted octanol–water partition coefficient (Wildman–Crippen LogP) is 1.85. The van der Waals surface area contributed by atoms with Crippen LogP contribution in [-0.4, -0.2) is 66.6 Å². The number of aryl methyl sites for hydroxylation is 1. The molecular formula is C31H29FN6O7S. The predicted molar refractivity (Wildman–Crippen MR) is 166 cm³/mol. The third-order valence-corrected chi connectivity index (χ3v) is 10.2. The number of hydrogen-bond acceptors (Lipinski definition) is 7. The number of anilines is 1. The molecule has 0 aliphatic carbocycles. The lowest BCUT2D eigenvalue weighted by Crippen LogP contribution is -2.44. The number of likely N-dealkylation sites (tertiary alicyclic amines) is 1. The van der Waals surface area contributed by atoms with E-state index in [-0.39, 0.29) is 59.3 Å². The van der Waals surface area contributed by atoms with Crippen molar-refractivity contribution in [3.05, 3.63) is 69.9 Å². The maximum atomic E-state index is 15.4. The number of benzene rings is 3. The average molecular weight is 649 g/mol. The first-order valence-electron chi connectivity index (χ1n) is 14.8. The molecule has 3 saturated heterocycles. The third kappa shape index (κ3) is 4.81. The quantitative estimate of drug-likeness (QED) is 0.285. The summed E-state index contributed by atoms with van der Waals surface area (Å²) in [4.78, 5) is 64.0. The Hall–Kier alpha value is -5.05. The van der Waals surface area contributed by atoms with Gasteiger partial charge in [0.2, 0.25) is 23.0 Å². The van der Waals surface area contributed by atoms with Crippen molar-refractivity contribution in [2.24, 2.45) is 7.05 Å². The molecule has 3 fully saturated rings. The zero-order valence-electron chi connectivity index (χ0n) is 24.6. The van der Waals surface area contributed by atoms with Crippen LogP contribution in [0.5, 0.6) is 5.75 Å². The van der Waals surface area contributed by atoms with E-state index in [1.165, 1.54) is 33.4 Å². The van der Waals surface area contributed by atoms with E-state index in [4.69, 9.17) is 0 Å². The van der Waals surface area contributed by atoms with Crippen LogP contribution < -0.4 is 20.0 Å². The van der Waals surface area contributed by atoms with Gasteiger partial charge in [-0.25, -0.2) is 13.4 Å². The fraction of sp³-hybridized carbons (Fsp3) is 0.323. The normalized spacial score (nSPS) is 20.9. The molecular weight excluding hydrogens is 619 g/mol. The summed E-state index contributed by atoms with van der Waals surface area (Å²) >= 11 is -2.02. The summed E-state index contributed by atoms with van der Waals surface area (Å²) in [6.07, 6.45) is 1.76. The third-order valence-electron chi connectivity index (χ3n) is 9.10. The second kappa shape index (κ2) is 11.1. The van der Waals surface area contributed by atoms with Crippen LogP contribution in [0, 0.1) is 5.82 Å². The number of aromatic nitrogens is 2. The number of phenolic OH excluding ortho intramolecular Hbond substituents is 1. The van der Waals surface area contributed by atoms with Crippen molar-refractivity contribution in [2.75, 3.05) is 23.9 Å². The maximum absolute atomic E-state index is 15.4. The molecule has 0 saturated carbocycles. The smallest absolute Gasteiger partial charge is 0.329 e. The molecule has 4 aromatic rings. The number of halogens is 1. The zero-order chi connectivity index (χ0) is 32.4. The van der Waals surface area contributed by atoms with E-state index >= 15 is 4.39 Å². The van der Waals surface area contributed by atoms with Crippen LogP contribution in [0.1, 0.15) is 53.6 Å². The first-order chi connectivity index (χ1) is 22.0. The number of rotatable bonds is 4. The highest BCUT2D eigenvalue weighted by molar-refractivity contribution is 7.85. The average Bonchev–Trinajstić information content (AvgIpc) is 3.49. The number of carbonyl (C=O) groups is 4. The molecule has 0 bridgehead atoms. The molecule has 2 atom stereocenters. The number of carbonyl (C=O) groups excluding carboxylic acids is 4. The molecule has 4 heterocycles. The Morgan fingerprint density at radius 3 is 2.43 bits per heavy atom. The molecule has 1 aromatic heterocycles. The second-order valence-electron chi connectivity index (χ2n) is 11.8. The number of fused-ring (bicyclic) bond motifs is 2. The molecule has 7 rings (SSSR count). The van der Waals surface area contributed by atoms with Crippen molar-refractivity contribution >= 4 is 62.3 Å². The number of imidazole rings is 1. The van der Waals surface area contributed by atoms with Crippen molar-refractivity contribution < 1.29 is 32.9 Å². The van der Waals surface area contributed by atoms with Crippen molar-refractivity contribution in [1.82, 2.24) is 24.1 Å². The molecule has 2 unspecified atom stereocenters. The lowest BCUT2D eigenvalue weighted by molar-refractivity contribution is -0.135. The van der Waals surface area contributed by atoms with Gasteiger partial charge in [0.25, 0.3) is 11.8 Å². The SMILES string of the molecule is Cn1c(=O)n(C2CCC(=O)NC2=O)c2ccc(C3CCN(C(=O)c4ccc5c(F)c(N6CC(=O)NS6=O)c(O)cc5c4)CC3)cc21. The number of hydrogen-bond donors (Lipinski definition) is 3. The van der Waals surface area contributed by atoms with E-state index in [0.717, 1.165) is 9.87 Å². The standard InChI is InChI=1S/C31H29FN6O7S/c1-35-23-13-17(3-5-21(23)38(31(35)44)22-6-7-25(40)33-29(22)42)16-8-10-36(11-9-16)30(43)18-2-4-20-19(12-18)14-24(39)28(27(20)32)37-15-26(41)34-46(37)45/h2-5,12-14,16,22,39H,6-11,15H2,1H3,(H,34,41)(H,33,40,42). The van der Waals surface area contributed by atoms with Crippen LogP contribution in [-0.2, 0) is 32.6 Å². The number of piperidine rings is 2. The minimum Gasteiger partial charge on any atom is -0.506 e. The number of imide groups is 1. The van der Waals surface area contributed by atoms with Crippen molar-refractivity contribution in [3.8, 4) is 5.75 Å². The summed E-state index contributed by atoms with van der Waals surface area (Å²) in [5.74, 6) is -2.85. The topological polar surface area (TPSA) is 163 Å². The molecule has 0 radical (unpaired) electrons. The lowest BCUT2D eigenvalue weighted by atomic mass is 9.89. The van der Waals surface area contributed by atoms with E-state index < -0.39 is 40.6 Å². The number of phenols is 1. The second-order valence-corrected chi connectivity index (χ2v) is 12.9. The van der Waals surface area contributed by atoms with Crippen LogP contribution in [0.4, 0.5) is 10.1 Å². The van der Waals surface area contributed by atoms with Gasteiger partial charge in [-0.1, -0.05) is 12.1 Å². The number of amides is 4. The Morgan fingerprint density at radius 1 is 0.978 bits per heavy atom. The highest BCUT2D eigenvalue weighted by Crippen LogP contribution is 2.38. The van der Waals surface area contributed by atoms with Gasteiger partial charge in [0.15, 0.2) is 5.82 Å². The molecule has 238 valence electrons. The molecule has 3 aliphatic heterocycles. The van der Waals surface area contributed by atoms with Gasteiger partial charge in [-0.05, 0) is 66.5 Å². The Labute approximate surface area is 263 Å². The van der Waals surface area contributed by atoms with Crippen LogP contribution >= 0.6 is 0 Å². The van der Waals surface area contributed by atoms with E-state index in [2.05, 4.69) is 10.0 Å². The summed E-state index contributed by atoms with van der Waals surface area (Å²) in [5, 5.41) is 13.3. The van der Waals surface area contributed by atoms with Gasteiger partial charge in [-0.15, -0.1) is 0 Å². The van der Waals surface area contributed by atoms with Crippen molar-refractivity contribution in [1.29, 1.82) is 0 Å². The van der Waals surface area contributed by atoms with Crippen LogP contribution in [0.3, 0.4) is 0 Å². The summed E-state index contributed by atoms with van der Waals surface area (Å²) in [5.41, 5.74) is 1.95. The van der Waals surface area contributed by atoms with Gasteiger partial charge in [0.05, 0.1) is 11.0 Å². The monoisotopic (exact) mass is 648 g/mol. The zero-order valence-corrected chi connectivity index (χ0v) is 25.4. The Bertz CT molecular complexity index is 2080. The molecule has 13 nitrogen and oxygen atoms in total. The van der Waals surface area contributed by atoms with E-state index in [1.54, 1.807) is 11.9 Å². The van der Waals surface area contributed by atoms with Gasteiger partial charge in [-0.3, -0.25) is 42.7 Å². The fourth-order valence-electron chi connectivity index (χ4n) is 6.71. The Morgan fingerprint density at radius 2 is 1.74 bits per heavy atom. The van der Waals surface area contributed by atoms with Gasteiger partial charge < -0.3 is 10.0 Å². The van der Waals surface area contributed by atoms with E-state index in [0.29, 0.717) is 42.5 Å². The van der Waals surface area contributed by atoms with Gasteiger partial charge in [0.1, 0.15) is 24.0 Å². The van der Waals surface area contributed by atoms with Crippen LogP contribution in [0.25, 0.3) is 21.8 Å². The minimum atomic E-state index is -2.02. The number of nitrogens with zero attached hydrogens (tertiary/aromatic N) is 4. The van der Waals surface area contributed by atoms with Crippen molar-refractivity contribution in [3.63, 3.8) is 0 Å². The summed E-state index contributed by atoms with van der Waals surface area (Å²) in [6, 6.07) is 10.7. The van der Waals surface area contributed by atoms with Crippen LogP contribution in [0.15, 0.2) is 47.3 Å². The maximum Gasteiger partial charge on any atom is 0.329 e. The largest absolute Gasteiger partial charge is 0.506 e. The molecule has 3 aliphatic rings. The molecule has 15 heteroatoms. The number of nitrogens with one attached hydrogen (secondary N) is 2. The molecule has 46 heavy (non-hydrogen) atoms. The van der Waals surface area contributed by atoms with Crippen molar-refractivity contribution in [2.45, 2.75) is 37.6 Å². The van der Waals surface area contributed by atoms with Gasteiger partial charge >= 0.3 is 5.69 Å². The van der Waals surface area contributed by atoms with Gasteiger partial charge in [-0.2, -0.15) is 0 Å². The highest BCUT2D eigenvalue weighted by Gasteiger charge is 2.34. The Balaban J connectivity index is 1.08. The molecule has 3 N–H and O–H groups in total. The van der Waals surface area contributed by atoms with Gasteiger partial charge in [0, 0.05) is 37.5 Å². The Kier molecular flexibility index (Phi) is 7.14. The summed E-state index contributed by atoms with van der Waals surface area (Å²) < 4.78 is 33.7. The minimum absolute atomic E-state index is 0.107. The highest BCUT2D eigenvalue weighted by atomic mass is 32.2. The summed E-state index contributed by atoms with van der Waals surface area (Å²) in [7, 11) is 1.65.